The fourth-order valence-electron chi connectivity index (χ4n) is 4.55. The van der Waals surface area contributed by atoms with Crippen LogP contribution in [-0.2, 0) is 0 Å². The molecule has 170 valence electrons. The summed E-state index contributed by atoms with van der Waals surface area (Å²) in [5, 5.41) is 22.4. The number of nitro groups is 1. The Morgan fingerprint density at radius 3 is 2.53 bits per heavy atom. The lowest BCUT2D eigenvalue weighted by Gasteiger charge is -2.46. The summed E-state index contributed by atoms with van der Waals surface area (Å²) in [7, 11) is 1.60. The van der Waals surface area contributed by atoms with E-state index in [9.17, 15) is 10.1 Å². The maximum Gasteiger partial charge on any atom is 0.353 e. The molecule has 3 aromatic rings. The molecule has 3 N–H and O–H groups in total. The lowest BCUT2D eigenvalue weighted by atomic mass is 9.79. The minimum Gasteiger partial charge on any atom is -0.497 e. The highest BCUT2D eigenvalue weighted by molar-refractivity contribution is 7.22. The summed E-state index contributed by atoms with van der Waals surface area (Å²) < 4.78 is 6.16. The number of nitrogens with zero attached hydrogens (tertiary/aromatic N) is 4. The second-order valence-electron chi connectivity index (χ2n) is 9.30. The number of ether oxygens (including phenoxy) is 1. The summed E-state index contributed by atoms with van der Waals surface area (Å²) in [5.74, 6) is 1.03. The van der Waals surface area contributed by atoms with E-state index in [4.69, 9.17) is 4.74 Å². The Hall–Kier alpha value is -3.05. The third-order valence-electron chi connectivity index (χ3n) is 5.36. The lowest BCUT2D eigenvalue weighted by molar-refractivity contribution is -0.383. The summed E-state index contributed by atoms with van der Waals surface area (Å²) >= 11 is 1.37. The van der Waals surface area contributed by atoms with Gasteiger partial charge in [-0.1, -0.05) is 11.3 Å². The maximum atomic E-state index is 12.0. The van der Waals surface area contributed by atoms with Crippen molar-refractivity contribution in [2.45, 2.75) is 57.7 Å². The van der Waals surface area contributed by atoms with Gasteiger partial charge in [-0.25, -0.2) is 15.0 Å². The summed E-state index contributed by atoms with van der Waals surface area (Å²) in [6, 6.07) is 5.57. The SMILES string of the molecule is COc1ccc2nc(Nc3ncnc(NC4CC(C)(C)NC(C)(C)C4)c3[N+](=O)[O-])sc2c1. The second-order valence-corrected chi connectivity index (χ2v) is 10.3. The fourth-order valence-corrected chi connectivity index (χ4v) is 5.45. The molecular formula is C21H27N7O3S. The molecule has 0 bridgehead atoms. The van der Waals surface area contributed by atoms with E-state index in [0.717, 1.165) is 28.8 Å². The van der Waals surface area contributed by atoms with Crippen molar-refractivity contribution in [1.82, 2.24) is 20.3 Å². The molecule has 32 heavy (non-hydrogen) atoms. The van der Waals surface area contributed by atoms with Crippen molar-refractivity contribution in [3.05, 3.63) is 34.6 Å². The van der Waals surface area contributed by atoms with Crippen LogP contribution in [0, 0.1) is 10.1 Å². The largest absolute Gasteiger partial charge is 0.497 e. The van der Waals surface area contributed by atoms with Crippen molar-refractivity contribution in [3.63, 3.8) is 0 Å². The molecule has 0 spiro atoms. The zero-order valence-corrected chi connectivity index (χ0v) is 19.5. The molecule has 10 nitrogen and oxygen atoms in total. The number of nitrogens with one attached hydrogen (secondary N) is 3. The molecule has 1 aromatic carbocycles. The molecule has 0 atom stereocenters. The number of piperidine rings is 1. The molecule has 0 saturated carbocycles. The van der Waals surface area contributed by atoms with Crippen LogP contribution in [0.25, 0.3) is 10.2 Å². The van der Waals surface area contributed by atoms with Crippen LogP contribution in [0.3, 0.4) is 0 Å². The van der Waals surface area contributed by atoms with Crippen LogP contribution in [0.1, 0.15) is 40.5 Å². The number of benzene rings is 1. The summed E-state index contributed by atoms with van der Waals surface area (Å²) in [4.78, 5) is 24.4. The van der Waals surface area contributed by atoms with Gasteiger partial charge in [-0.05, 0) is 58.7 Å². The predicted octanol–water partition coefficient (Wildman–Crippen LogP) is 4.47. The number of fused-ring (bicyclic) bond motifs is 1. The van der Waals surface area contributed by atoms with Crippen LogP contribution in [0.2, 0.25) is 0 Å². The van der Waals surface area contributed by atoms with Gasteiger partial charge in [0.2, 0.25) is 11.6 Å². The Morgan fingerprint density at radius 2 is 1.88 bits per heavy atom. The van der Waals surface area contributed by atoms with Crippen molar-refractivity contribution in [2.24, 2.45) is 0 Å². The molecule has 1 aliphatic rings. The molecule has 2 aromatic heterocycles. The van der Waals surface area contributed by atoms with Crippen LogP contribution in [0.4, 0.5) is 22.5 Å². The zero-order chi connectivity index (χ0) is 23.1. The van der Waals surface area contributed by atoms with Gasteiger partial charge in [0, 0.05) is 17.1 Å². The number of rotatable bonds is 6. The lowest BCUT2D eigenvalue weighted by Crippen LogP contribution is -2.60. The number of thiazole rings is 1. The molecule has 0 amide bonds. The Labute approximate surface area is 190 Å². The van der Waals surface area contributed by atoms with E-state index in [2.05, 4.69) is 58.6 Å². The number of anilines is 3. The molecular weight excluding hydrogens is 430 g/mol. The molecule has 1 saturated heterocycles. The van der Waals surface area contributed by atoms with Crippen molar-refractivity contribution >= 4 is 44.0 Å². The van der Waals surface area contributed by atoms with E-state index in [0.29, 0.717) is 5.13 Å². The first kappa shape index (κ1) is 22.2. The molecule has 11 heteroatoms. The van der Waals surface area contributed by atoms with Gasteiger partial charge in [0.1, 0.15) is 12.1 Å². The number of aromatic nitrogens is 3. The number of hydrogen-bond donors (Lipinski definition) is 3. The van der Waals surface area contributed by atoms with Gasteiger partial charge in [0.15, 0.2) is 5.13 Å². The average molecular weight is 458 g/mol. The maximum absolute atomic E-state index is 12.0. The smallest absolute Gasteiger partial charge is 0.353 e. The Morgan fingerprint density at radius 1 is 1.19 bits per heavy atom. The van der Waals surface area contributed by atoms with Gasteiger partial charge >= 0.3 is 5.69 Å². The third-order valence-corrected chi connectivity index (χ3v) is 6.29. The quantitative estimate of drug-likeness (QED) is 0.363. The minimum absolute atomic E-state index is 0.0256. The third kappa shape index (κ3) is 4.73. The monoisotopic (exact) mass is 457 g/mol. The number of methoxy groups -OCH3 is 1. The van der Waals surface area contributed by atoms with Crippen molar-refractivity contribution in [2.75, 3.05) is 17.7 Å². The minimum atomic E-state index is -0.460. The van der Waals surface area contributed by atoms with Crippen LogP contribution >= 0.6 is 11.3 Å². The zero-order valence-electron chi connectivity index (χ0n) is 18.7. The number of hydrogen-bond acceptors (Lipinski definition) is 10. The van der Waals surface area contributed by atoms with Crippen molar-refractivity contribution < 1.29 is 9.66 Å². The van der Waals surface area contributed by atoms with Gasteiger partial charge in [-0.15, -0.1) is 0 Å². The topological polar surface area (TPSA) is 127 Å². The van der Waals surface area contributed by atoms with Gasteiger partial charge < -0.3 is 20.7 Å². The van der Waals surface area contributed by atoms with Gasteiger partial charge in [-0.2, -0.15) is 0 Å². The molecule has 4 rings (SSSR count). The standard InChI is InChI=1S/C21H27N7O3S/c1-20(2)9-12(10-21(3,4)27-20)24-17-16(28(29)30)18(23-11-22-17)26-19-25-14-7-6-13(31-5)8-15(14)32-19/h6-8,11-12,27H,9-10H2,1-5H3,(H2,22,23,24,25,26). The first-order valence-corrected chi connectivity index (χ1v) is 11.1. The van der Waals surface area contributed by atoms with Crippen molar-refractivity contribution in [3.8, 4) is 5.75 Å². The van der Waals surface area contributed by atoms with Gasteiger partial charge in [0.25, 0.3) is 0 Å². The van der Waals surface area contributed by atoms with Crippen LogP contribution in [0.5, 0.6) is 5.75 Å². The van der Waals surface area contributed by atoms with Gasteiger partial charge in [-0.3, -0.25) is 10.1 Å². The van der Waals surface area contributed by atoms with Gasteiger partial charge in [0.05, 0.1) is 22.2 Å². The highest BCUT2D eigenvalue weighted by Gasteiger charge is 2.38. The summed E-state index contributed by atoms with van der Waals surface area (Å²) in [5.41, 5.74) is 0.361. The molecule has 1 fully saturated rings. The van der Waals surface area contributed by atoms with E-state index >= 15 is 0 Å². The van der Waals surface area contributed by atoms with Crippen LogP contribution in [-0.4, -0.2) is 44.1 Å². The van der Waals surface area contributed by atoms with E-state index < -0.39 is 4.92 Å². The first-order valence-electron chi connectivity index (χ1n) is 10.3. The van der Waals surface area contributed by atoms with E-state index in [1.54, 1.807) is 7.11 Å². The van der Waals surface area contributed by atoms with E-state index in [1.165, 1.54) is 17.7 Å². The highest BCUT2D eigenvalue weighted by atomic mass is 32.1. The molecule has 0 unspecified atom stereocenters. The van der Waals surface area contributed by atoms with Crippen LogP contribution < -0.4 is 20.7 Å². The normalized spacial score (nSPS) is 17.8. The average Bonchev–Trinajstić information content (AvgIpc) is 3.06. The van der Waals surface area contributed by atoms with E-state index in [-0.39, 0.29) is 34.4 Å². The Kier molecular flexibility index (Phi) is 5.63. The summed E-state index contributed by atoms with van der Waals surface area (Å²) in [6.07, 6.45) is 2.94. The second kappa shape index (κ2) is 8.14. The van der Waals surface area contributed by atoms with E-state index in [1.807, 2.05) is 18.2 Å². The fraction of sp³-hybridized carbons (Fsp3) is 0.476. The van der Waals surface area contributed by atoms with Crippen LogP contribution in [0.15, 0.2) is 24.5 Å². The Bertz CT molecular complexity index is 1150. The molecule has 0 radical (unpaired) electrons. The first-order chi connectivity index (χ1) is 15.0. The van der Waals surface area contributed by atoms with Crippen molar-refractivity contribution in [1.29, 1.82) is 0 Å². The molecule has 1 aliphatic heterocycles. The molecule has 0 aliphatic carbocycles. The Balaban J connectivity index is 1.63. The highest BCUT2D eigenvalue weighted by Crippen LogP contribution is 2.37. The predicted molar refractivity (Wildman–Crippen MR) is 126 cm³/mol. The molecule has 3 heterocycles. The summed E-state index contributed by atoms with van der Waals surface area (Å²) in [6.45, 7) is 8.52.